The maximum absolute atomic E-state index is 10.7. The zero-order chi connectivity index (χ0) is 11.3. The molecule has 4 heteroatoms. The molecule has 0 aliphatic heterocycles. The third-order valence-corrected chi connectivity index (χ3v) is 3.00. The van der Waals surface area contributed by atoms with Crippen molar-refractivity contribution < 1.29 is 9.34 Å². The van der Waals surface area contributed by atoms with E-state index in [0.717, 1.165) is 22.3 Å². The van der Waals surface area contributed by atoms with E-state index in [9.17, 15) is 10.1 Å². The first-order valence-corrected chi connectivity index (χ1v) is 5.33. The predicted molar refractivity (Wildman–Crippen MR) is 59.6 cm³/mol. The molecule has 1 fully saturated rings. The smallest absolute Gasteiger partial charge is 0.270 e. The Balaban J connectivity index is 2.21. The van der Waals surface area contributed by atoms with Crippen molar-refractivity contribution in [2.24, 2.45) is 0 Å². The molecule has 0 unspecified atom stereocenters. The van der Waals surface area contributed by atoms with E-state index in [1.165, 1.54) is 12.8 Å². The van der Waals surface area contributed by atoms with Crippen LogP contribution in [0.3, 0.4) is 0 Å². The summed E-state index contributed by atoms with van der Waals surface area (Å²) in [5.41, 5.74) is 1.75. The van der Waals surface area contributed by atoms with Crippen LogP contribution in [0.25, 0.3) is 11.0 Å². The van der Waals surface area contributed by atoms with Crippen LogP contribution in [0, 0.1) is 17.0 Å². The quantitative estimate of drug-likeness (QED) is 0.571. The lowest BCUT2D eigenvalue weighted by Crippen LogP contribution is -1.88. The largest absolute Gasteiger partial charge is 0.460 e. The second-order valence-electron chi connectivity index (χ2n) is 4.36. The molecule has 0 bridgehead atoms. The Kier molecular flexibility index (Phi) is 1.80. The van der Waals surface area contributed by atoms with Gasteiger partial charge in [-0.1, -0.05) is 0 Å². The van der Waals surface area contributed by atoms with Crippen molar-refractivity contribution in [2.75, 3.05) is 0 Å². The normalized spacial score (nSPS) is 15.6. The fourth-order valence-electron chi connectivity index (χ4n) is 2.00. The molecule has 0 spiro atoms. The van der Waals surface area contributed by atoms with E-state index in [1.807, 2.05) is 13.0 Å². The SMILES string of the molecule is Cc1cc([N+](=O)[O-])cc2cc(C3CC3)oc12. The molecular formula is C12H11NO3. The van der Waals surface area contributed by atoms with Crippen LogP contribution in [0.15, 0.2) is 22.6 Å². The molecule has 0 atom stereocenters. The monoisotopic (exact) mass is 217 g/mol. The van der Waals surface area contributed by atoms with Gasteiger partial charge in [0.15, 0.2) is 0 Å². The van der Waals surface area contributed by atoms with Gasteiger partial charge in [-0.25, -0.2) is 0 Å². The first kappa shape index (κ1) is 9.39. The van der Waals surface area contributed by atoms with Crippen LogP contribution < -0.4 is 0 Å². The second-order valence-corrected chi connectivity index (χ2v) is 4.36. The highest BCUT2D eigenvalue weighted by Gasteiger charge is 2.27. The molecule has 1 aromatic carbocycles. The molecule has 1 aliphatic carbocycles. The second kappa shape index (κ2) is 3.07. The summed E-state index contributed by atoms with van der Waals surface area (Å²) in [6.07, 6.45) is 2.34. The van der Waals surface area contributed by atoms with Crippen molar-refractivity contribution in [3.05, 3.63) is 39.6 Å². The van der Waals surface area contributed by atoms with Gasteiger partial charge >= 0.3 is 0 Å². The molecule has 82 valence electrons. The average molecular weight is 217 g/mol. The maximum atomic E-state index is 10.7. The highest BCUT2D eigenvalue weighted by Crippen LogP contribution is 2.43. The maximum Gasteiger partial charge on any atom is 0.270 e. The number of aryl methyl sites for hydroxylation is 1. The minimum Gasteiger partial charge on any atom is -0.460 e. The third-order valence-electron chi connectivity index (χ3n) is 3.00. The van der Waals surface area contributed by atoms with Crippen molar-refractivity contribution >= 4 is 16.7 Å². The van der Waals surface area contributed by atoms with Crippen molar-refractivity contribution in [3.63, 3.8) is 0 Å². The molecule has 0 amide bonds. The topological polar surface area (TPSA) is 56.3 Å². The molecular weight excluding hydrogens is 206 g/mol. The summed E-state index contributed by atoms with van der Waals surface area (Å²) in [5, 5.41) is 11.6. The van der Waals surface area contributed by atoms with Gasteiger partial charge in [0.05, 0.1) is 4.92 Å². The zero-order valence-electron chi connectivity index (χ0n) is 8.90. The molecule has 0 saturated heterocycles. The molecule has 0 N–H and O–H groups in total. The van der Waals surface area contributed by atoms with Gasteiger partial charge in [-0.05, 0) is 31.4 Å². The molecule has 3 rings (SSSR count). The van der Waals surface area contributed by atoms with Gasteiger partial charge in [-0.3, -0.25) is 10.1 Å². The lowest BCUT2D eigenvalue weighted by molar-refractivity contribution is -0.384. The summed E-state index contributed by atoms with van der Waals surface area (Å²) < 4.78 is 5.73. The number of non-ortho nitro benzene ring substituents is 1. The number of furan rings is 1. The van der Waals surface area contributed by atoms with Gasteiger partial charge in [-0.2, -0.15) is 0 Å². The van der Waals surface area contributed by atoms with Crippen molar-refractivity contribution in [2.45, 2.75) is 25.7 Å². The molecule has 4 nitrogen and oxygen atoms in total. The van der Waals surface area contributed by atoms with E-state index < -0.39 is 0 Å². The van der Waals surface area contributed by atoms with Crippen LogP contribution >= 0.6 is 0 Å². The fourth-order valence-corrected chi connectivity index (χ4v) is 2.00. The molecule has 2 aromatic rings. The van der Waals surface area contributed by atoms with Crippen molar-refractivity contribution in [3.8, 4) is 0 Å². The lowest BCUT2D eigenvalue weighted by Gasteiger charge is -1.95. The first-order chi connectivity index (χ1) is 7.65. The standard InChI is InChI=1S/C12H11NO3/c1-7-4-10(13(14)15)5-9-6-11(8-2-3-8)16-12(7)9/h4-6,8H,2-3H2,1H3. The number of hydrogen-bond donors (Lipinski definition) is 0. The van der Waals surface area contributed by atoms with E-state index in [4.69, 9.17) is 4.42 Å². The minimum absolute atomic E-state index is 0.133. The number of nitro benzene ring substituents is 1. The Labute approximate surface area is 92.0 Å². The number of nitro groups is 1. The van der Waals surface area contributed by atoms with Crippen LogP contribution in [0.4, 0.5) is 5.69 Å². The van der Waals surface area contributed by atoms with Crippen LogP contribution in [-0.2, 0) is 0 Å². The van der Waals surface area contributed by atoms with Crippen LogP contribution in [0.2, 0.25) is 0 Å². The highest BCUT2D eigenvalue weighted by molar-refractivity contribution is 5.83. The van der Waals surface area contributed by atoms with Gasteiger partial charge in [0, 0.05) is 23.4 Å². The Bertz CT molecular complexity index is 581. The number of fused-ring (bicyclic) bond motifs is 1. The molecule has 16 heavy (non-hydrogen) atoms. The Morgan fingerprint density at radius 1 is 1.38 bits per heavy atom. The van der Waals surface area contributed by atoms with Gasteiger partial charge in [-0.15, -0.1) is 0 Å². The average Bonchev–Trinajstić information content (AvgIpc) is 2.98. The van der Waals surface area contributed by atoms with E-state index in [2.05, 4.69) is 0 Å². The third kappa shape index (κ3) is 1.38. The fraction of sp³-hybridized carbons (Fsp3) is 0.333. The van der Waals surface area contributed by atoms with E-state index in [0.29, 0.717) is 5.92 Å². The number of hydrogen-bond acceptors (Lipinski definition) is 3. The summed E-state index contributed by atoms with van der Waals surface area (Å²) in [6, 6.07) is 5.08. The van der Waals surface area contributed by atoms with Gasteiger partial charge in [0.2, 0.25) is 0 Å². The van der Waals surface area contributed by atoms with Gasteiger partial charge in [0.1, 0.15) is 11.3 Å². The molecule has 1 aliphatic rings. The van der Waals surface area contributed by atoms with Crippen LogP contribution in [0.5, 0.6) is 0 Å². The number of rotatable bonds is 2. The predicted octanol–water partition coefficient (Wildman–Crippen LogP) is 3.53. The Morgan fingerprint density at radius 2 is 2.12 bits per heavy atom. The Hall–Kier alpha value is -1.84. The molecule has 1 saturated carbocycles. The van der Waals surface area contributed by atoms with Gasteiger partial charge in [0.25, 0.3) is 5.69 Å². The van der Waals surface area contributed by atoms with E-state index >= 15 is 0 Å². The van der Waals surface area contributed by atoms with Gasteiger partial charge < -0.3 is 4.42 Å². The van der Waals surface area contributed by atoms with Crippen molar-refractivity contribution in [1.82, 2.24) is 0 Å². The molecule has 1 aromatic heterocycles. The summed E-state index contributed by atoms with van der Waals surface area (Å²) in [7, 11) is 0. The number of benzene rings is 1. The van der Waals surface area contributed by atoms with Crippen LogP contribution in [-0.4, -0.2) is 4.92 Å². The molecule has 0 radical (unpaired) electrons. The summed E-state index contributed by atoms with van der Waals surface area (Å²) in [5.74, 6) is 1.50. The highest BCUT2D eigenvalue weighted by atomic mass is 16.6. The van der Waals surface area contributed by atoms with E-state index in [-0.39, 0.29) is 10.6 Å². The number of nitrogens with zero attached hydrogens (tertiary/aromatic N) is 1. The minimum atomic E-state index is -0.365. The van der Waals surface area contributed by atoms with E-state index in [1.54, 1.807) is 12.1 Å². The summed E-state index contributed by atoms with van der Waals surface area (Å²) >= 11 is 0. The zero-order valence-corrected chi connectivity index (χ0v) is 8.90. The first-order valence-electron chi connectivity index (χ1n) is 5.33. The van der Waals surface area contributed by atoms with Crippen molar-refractivity contribution in [1.29, 1.82) is 0 Å². The van der Waals surface area contributed by atoms with Crippen LogP contribution in [0.1, 0.15) is 30.1 Å². The molecule has 1 heterocycles. The summed E-state index contributed by atoms with van der Waals surface area (Å²) in [4.78, 5) is 10.4. The lowest BCUT2D eigenvalue weighted by atomic mass is 10.1. The Morgan fingerprint density at radius 3 is 2.75 bits per heavy atom. The summed E-state index contributed by atoms with van der Waals surface area (Å²) in [6.45, 7) is 1.84.